The molecule has 1 atom stereocenters. The van der Waals surface area contributed by atoms with Gasteiger partial charge in [0, 0.05) is 30.3 Å². The lowest BCUT2D eigenvalue weighted by Crippen LogP contribution is -2.31. The van der Waals surface area contributed by atoms with Gasteiger partial charge < -0.3 is 5.32 Å². The van der Waals surface area contributed by atoms with Crippen LogP contribution in [0.15, 0.2) is 48.0 Å². The van der Waals surface area contributed by atoms with Crippen molar-refractivity contribution in [3.63, 3.8) is 0 Å². The summed E-state index contributed by atoms with van der Waals surface area (Å²) in [6.45, 7) is 1.91. The first-order valence-electron chi connectivity index (χ1n) is 7.20. The Labute approximate surface area is 138 Å². The summed E-state index contributed by atoms with van der Waals surface area (Å²) in [7, 11) is 1.80. The number of benzene rings is 1. The molecular formula is C16H17N5OS. The zero-order valence-electron chi connectivity index (χ0n) is 12.9. The van der Waals surface area contributed by atoms with Gasteiger partial charge in [-0.15, -0.1) is 11.3 Å². The minimum atomic E-state index is -0.298. The molecule has 0 bridgehead atoms. The molecule has 3 rings (SSSR count). The van der Waals surface area contributed by atoms with Crippen LogP contribution in [0, 0.1) is 0 Å². The molecule has 0 radical (unpaired) electrons. The van der Waals surface area contributed by atoms with E-state index in [2.05, 4.69) is 20.7 Å². The second kappa shape index (κ2) is 6.62. The first-order valence-corrected chi connectivity index (χ1v) is 8.08. The van der Waals surface area contributed by atoms with E-state index >= 15 is 0 Å². The minimum Gasteiger partial charge on any atom is -0.329 e. The maximum atomic E-state index is 12.0. The van der Waals surface area contributed by atoms with Crippen LogP contribution in [-0.2, 0) is 7.05 Å². The SMILES string of the molecule is CC(NC(=O)Nc1ccn(C)n1)c1nc(-c2ccccc2)cs1. The molecule has 0 fully saturated rings. The Hall–Kier alpha value is -2.67. The second-order valence-corrected chi connectivity index (χ2v) is 6.02. The number of aryl methyl sites for hydroxylation is 1. The maximum absolute atomic E-state index is 12.0. The summed E-state index contributed by atoms with van der Waals surface area (Å²) < 4.78 is 1.63. The molecule has 3 aromatic rings. The van der Waals surface area contributed by atoms with Crippen molar-refractivity contribution in [3.05, 3.63) is 53.0 Å². The highest BCUT2D eigenvalue weighted by Gasteiger charge is 2.14. The molecule has 2 amide bonds. The predicted octanol–water partition coefficient (Wildman–Crippen LogP) is 3.43. The van der Waals surface area contributed by atoms with Crippen molar-refractivity contribution in [2.75, 3.05) is 5.32 Å². The highest BCUT2D eigenvalue weighted by atomic mass is 32.1. The first-order chi connectivity index (χ1) is 11.1. The standard InChI is InChI=1S/C16H17N5OS/c1-11(17-16(22)19-14-8-9-21(2)20-14)15-18-13(10-23-15)12-6-4-3-5-7-12/h3-11H,1-2H3,(H2,17,19,20,22). The highest BCUT2D eigenvalue weighted by molar-refractivity contribution is 7.10. The monoisotopic (exact) mass is 327 g/mol. The Kier molecular flexibility index (Phi) is 4.38. The molecule has 7 heteroatoms. The van der Waals surface area contributed by atoms with Gasteiger partial charge in [-0.25, -0.2) is 9.78 Å². The molecule has 1 aromatic carbocycles. The lowest BCUT2D eigenvalue weighted by atomic mass is 10.2. The largest absolute Gasteiger partial charge is 0.329 e. The van der Waals surface area contributed by atoms with Crippen LogP contribution in [0.4, 0.5) is 10.6 Å². The number of hydrogen-bond donors (Lipinski definition) is 2. The number of anilines is 1. The normalized spacial score (nSPS) is 11.9. The summed E-state index contributed by atoms with van der Waals surface area (Å²) in [6, 6.07) is 11.2. The third-order valence-electron chi connectivity index (χ3n) is 3.26. The Morgan fingerprint density at radius 3 is 2.74 bits per heavy atom. The van der Waals surface area contributed by atoms with Crippen LogP contribution in [0.1, 0.15) is 18.0 Å². The van der Waals surface area contributed by atoms with E-state index in [0.717, 1.165) is 16.3 Å². The first kappa shape index (κ1) is 15.2. The van der Waals surface area contributed by atoms with Crippen LogP contribution < -0.4 is 10.6 Å². The number of nitrogens with one attached hydrogen (secondary N) is 2. The number of aromatic nitrogens is 3. The van der Waals surface area contributed by atoms with Crippen molar-refractivity contribution < 1.29 is 4.79 Å². The third-order valence-corrected chi connectivity index (χ3v) is 4.29. The van der Waals surface area contributed by atoms with Crippen molar-refractivity contribution >= 4 is 23.2 Å². The van der Waals surface area contributed by atoms with Gasteiger partial charge in [-0.05, 0) is 6.92 Å². The van der Waals surface area contributed by atoms with Crippen molar-refractivity contribution in [1.82, 2.24) is 20.1 Å². The van der Waals surface area contributed by atoms with Crippen molar-refractivity contribution in [3.8, 4) is 11.3 Å². The van der Waals surface area contributed by atoms with E-state index in [4.69, 9.17) is 0 Å². The molecule has 2 aromatic heterocycles. The van der Waals surface area contributed by atoms with Crippen molar-refractivity contribution in [2.45, 2.75) is 13.0 Å². The zero-order valence-corrected chi connectivity index (χ0v) is 13.7. The average molecular weight is 327 g/mol. The van der Waals surface area contributed by atoms with Gasteiger partial charge in [-0.2, -0.15) is 5.10 Å². The van der Waals surface area contributed by atoms with E-state index in [1.54, 1.807) is 24.0 Å². The molecule has 6 nitrogen and oxygen atoms in total. The van der Waals surface area contributed by atoms with Gasteiger partial charge in [0.25, 0.3) is 0 Å². The third kappa shape index (κ3) is 3.75. The van der Waals surface area contributed by atoms with Crippen LogP contribution in [0.3, 0.4) is 0 Å². The molecule has 2 N–H and O–H groups in total. The molecule has 0 spiro atoms. The van der Waals surface area contributed by atoms with Gasteiger partial charge >= 0.3 is 6.03 Å². The van der Waals surface area contributed by atoms with Crippen LogP contribution in [0.5, 0.6) is 0 Å². The van der Waals surface area contributed by atoms with Crippen molar-refractivity contribution in [1.29, 1.82) is 0 Å². The van der Waals surface area contributed by atoms with E-state index in [0.29, 0.717) is 5.82 Å². The lowest BCUT2D eigenvalue weighted by Gasteiger charge is -2.11. The van der Waals surface area contributed by atoms with E-state index in [-0.39, 0.29) is 12.1 Å². The fraction of sp³-hybridized carbons (Fsp3) is 0.188. The Morgan fingerprint density at radius 2 is 2.04 bits per heavy atom. The number of rotatable bonds is 4. The quantitative estimate of drug-likeness (QED) is 0.771. The summed E-state index contributed by atoms with van der Waals surface area (Å²) >= 11 is 1.53. The van der Waals surface area contributed by atoms with E-state index < -0.39 is 0 Å². The van der Waals surface area contributed by atoms with Crippen LogP contribution in [0.25, 0.3) is 11.3 Å². The van der Waals surface area contributed by atoms with Gasteiger partial charge in [0.1, 0.15) is 5.01 Å². The molecule has 2 heterocycles. The summed E-state index contributed by atoms with van der Waals surface area (Å²) in [5.41, 5.74) is 1.99. The number of carbonyl (C=O) groups is 1. The topological polar surface area (TPSA) is 71.8 Å². The molecular weight excluding hydrogens is 310 g/mol. The smallest absolute Gasteiger partial charge is 0.321 e. The number of nitrogens with zero attached hydrogens (tertiary/aromatic N) is 3. The van der Waals surface area contributed by atoms with Gasteiger partial charge in [0.05, 0.1) is 11.7 Å². The van der Waals surface area contributed by atoms with Gasteiger partial charge in [-0.3, -0.25) is 10.00 Å². The van der Waals surface area contributed by atoms with Crippen LogP contribution >= 0.6 is 11.3 Å². The Morgan fingerprint density at radius 1 is 1.26 bits per heavy atom. The lowest BCUT2D eigenvalue weighted by molar-refractivity contribution is 0.249. The molecule has 0 saturated carbocycles. The fourth-order valence-electron chi connectivity index (χ4n) is 2.12. The van der Waals surface area contributed by atoms with Gasteiger partial charge in [-0.1, -0.05) is 30.3 Å². The average Bonchev–Trinajstić information content (AvgIpc) is 3.17. The summed E-state index contributed by atoms with van der Waals surface area (Å²) in [6.07, 6.45) is 1.77. The molecule has 23 heavy (non-hydrogen) atoms. The summed E-state index contributed by atoms with van der Waals surface area (Å²) in [5.74, 6) is 0.515. The summed E-state index contributed by atoms with van der Waals surface area (Å²) in [4.78, 5) is 16.6. The van der Waals surface area contributed by atoms with Gasteiger partial charge in [0.2, 0.25) is 0 Å². The molecule has 1 unspecified atom stereocenters. The minimum absolute atomic E-state index is 0.179. The van der Waals surface area contributed by atoms with Crippen LogP contribution in [-0.4, -0.2) is 20.8 Å². The van der Waals surface area contributed by atoms with Crippen molar-refractivity contribution in [2.24, 2.45) is 7.05 Å². The van der Waals surface area contributed by atoms with E-state index in [1.807, 2.05) is 42.6 Å². The number of amides is 2. The molecule has 118 valence electrons. The van der Waals surface area contributed by atoms with Gasteiger partial charge in [0.15, 0.2) is 5.82 Å². The van der Waals surface area contributed by atoms with E-state index in [1.165, 1.54) is 11.3 Å². The second-order valence-electron chi connectivity index (χ2n) is 5.13. The number of hydrogen-bond acceptors (Lipinski definition) is 4. The Balaban J connectivity index is 1.63. The summed E-state index contributed by atoms with van der Waals surface area (Å²) in [5, 5.41) is 12.5. The highest BCUT2D eigenvalue weighted by Crippen LogP contribution is 2.25. The molecule has 0 aliphatic heterocycles. The predicted molar refractivity (Wildman–Crippen MR) is 91.3 cm³/mol. The molecule has 0 saturated heterocycles. The maximum Gasteiger partial charge on any atom is 0.321 e. The van der Waals surface area contributed by atoms with E-state index in [9.17, 15) is 4.79 Å². The number of carbonyl (C=O) groups excluding carboxylic acids is 1. The number of thiazole rings is 1. The zero-order chi connectivity index (χ0) is 16.2. The molecule has 0 aliphatic carbocycles. The Bertz CT molecular complexity index is 796. The molecule has 0 aliphatic rings. The fourth-order valence-corrected chi connectivity index (χ4v) is 2.96. The number of urea groups is 1. The van der Waals surface area contributed by atoms with Crippen LogP contribution in [0.2, 0.25) is 0 Å².